The van der Waals surface area contributed by atoms with E-state index in [0.29, 0.717) is 18.1 Å². The van der Waals surface area contributed by atoms with Gasteiger partial charge in [-0.05, 0) is 37.3 Å². The average molecular weight is 271 g/mol. The summed E-state index contributed by atoms with van der Waals surface area (Å²) in [5.41, 5.74) is 0.634. The highest BCUT2D eigenvalue weighted by molar-refractivity contribution is 5.53. The smallest absolute Gasteiger partial charge is 0.146 e. The molecule has 1 aliphatic rings. The Hall–Kier alpha value is -1.86. The Morgan fingerprint density at radius 2 is 2.40 bits per heavy atom. The molecule has 0 saturated heterocycles. The van der Waals surface area contributed by atoms with Crippen LogP contribution in [-0.4, -0.2) is 31.8 Å². The molecule has 0 fully saturated rings. The van der Waals surface area contributed by atoms with Gasteiger partial charge in [-0.3, -0.25) is 0 Å². The lowest BCUT2D eigenvalue weighted by molar-refractivity contribution is 0.203. The number of rotatable bonds is 6. The summed E-state index contributed by atoms with van der Waals surface area (Å²) in [4.78, 5) is 6.58. The third kappa shape index (κ3) is 3.82. The molecule has 1 heterocycles. The van der Waals surface area contributed by atoms with Crippen LogP contribution in [0.1, 0.15) is 24.8 Å². The van der Waals surface area contributed by atoms with Crippen molar-refractivity contribution in [1.29, 1.82) is 5.26 Å². The van der Waals surface area contributed by atoms with Crippen molar-refractivity contribution in [1.82, 2.24) is 4.98 Å². The van der Waals surface area contributed by atoms with Gasteiger partial charge in [-0.2, -0.15) is 5.26 Å². The second kappa shape index (κ2) is 7.66. The number of aromatic nitrogens is 1. The molecule has 4 heteroatoms. The van der Waals surface area contributed by atoms with Gasteiger partial charge in [-0.1, -0.05) is 12.2 Å². The summed E-state index contributed by atoms with van der Waals surface area (Å²) in [7, 11) is 1.70. The van der Waals surface area contributed by atoms with Gasteiger partial charge >= 0.3 is 0 Å². The van der Waals surface area contributed by atoms with Crippen molar-refractivity contribution in [3.8, 4) is 6.07 Å². The van der Waals surface area contributed by atoms with Crippen LogP contribution in [-0.2, 0) is 4.74 Å². The highest BCUT2D eigenvalue weighted by atomic mass is 16.5. The molecule has 106 valence electrons. The maximum Gasteiger partial charge on any atom is 0.146 e. The van der Waals surface area contributed by atoms with Crippen LogP contribution in [0.3, 0.4) is 0 Å². The van der Waals surface area contributed by atoms with Gasteiger partial charge < -0.3 is 9.64 Å². The molecule has 20 heavy (non-hydrogen) atoms. The first kappa shape index (κ1) is 14.5. The molecule has 0 spiro atoms. The van der Waals surface area contributed by atoms with Crippen LogP contribution in [0.25, 0.3) is 0 Å². The van der Waals surface area contributed by atoms with E-state index in [4.69, 9.17) is 4.74 Å². The Morgan fingerprint density at radius 3 is 3.10 bits per heavy atom. The van der Waals surface area contributed by atoms with E-state index in [0.717, 1.165) is 31.7 Å². The Morgan fingerprint density at radius 1 is 1.50 bits per heavy atom. The van der Waals surface area contributed by atoms with Crippen LogP contribution < -0.4 is 4.90 Å². The second-order valence-electron chi connectivity index (χ2n) is 5.08. The van der Waals surface area contributed by atoms with Gasteiger partial charge in [0.25, 0.3) is 0 Å². The molecule has 0 aliphatic heterocycles. The predicted molar refractivity (Wildman–Crippen MR) is 79.5 cm³/mol. The van der Waals surface area contributed by atoms with E-state index in [1.807, 2.05) is 6.07 Å². The van der Waals surface area contributed by atoms with Gasteiger partial charge in [0.1, 0.15) is 11.9 Å². The number of pyridine rings is 1. The summed E-state index contributed by atoms with van der Waals surface area (Å²) in [6, 6.07) is 5.86. The van der Waals surface area contributed by atoms with E-state index in [9.17, 15) is 5.26 Å². The number of hydrogen-bond donors (Lipinski definition) is 0. The third-order valence-electron chi connectivity index (χ3n) is 3.63. The van der Waals surface area contributed by atoms with Crippen molar-refractivity contribution in [3.63, 3.8) is 0 Å². The molecule has 0 aromatic carbocycles. The third-order valence-corrected chi connectivity index (χ3v) is 3.63. The minimum atomic E-state index is 0.630. The predicted octanol–water partition coefficient (Wildman–Crippen LogP) is 2.76. The second-order valence-corrected chi connectivity index (χ2v) is 5.08. The molecule has 0 bridgehead atoms. The topological polar surface area (TPSA) is 49.1 Å². The number of hydrogen-bond acceptors (Lipinski definition) is 4. The zero-order valence-electron chi connectivity index (χ0n) is 12.0. The Balaban J connectivity index is 2.13. The van der Waals surface area contributed by atoms with Crippen LogP contribution in [0.5, 0.6) is 0 Å². The molecule has 0 N–H and O–H groups in total. The monoisotopic (exact) mass is 271 g/mol. The fourth-order valence-electron chi connectivity index (χ4n) is 2.56. The standard InChI is InChI=1S/C16H21N3O/c1-20-11-10-19(13-14-6-3-2-4-7-14)16-15(12-17)8-5-9-18-16/h2-3,5,8-9,14H,4,6-7,10-11,13H2,1H3. The van der Waals surface area contributed by atoms with E-state index in [1.165, 1.54) is 6.42 Å². The first-order chi connectivity index (χ1) is 9.85. The minimum absolute atomic E-state index is 0.630. The maximum atomic E-state index is 9.24. The fraction of sp³-hybridized carbons (Fsp3) is 0.500. The normalized spacial score (nSPS) is 17.7. The van der Waals surface area contributed by atoms with E-state index >= 15 is 0 Å². The molecular weight excluding hydrogens is 250 g/mol. The van der Waals surface area contributed by atoms with Crippen LogP contribution in [0.15, 0.2) is 30.5 Å². The Kier molecular flexibility index (Phi) is 5.57. The zero-order chi connectivity index (χ0) is 14.2. The molecule has 0 saturated carbocycles. The Bertz CT molecular complexity index is 493. The number of nitriles is 1. The van der Waals surface area contributed by atoms with Gasteiger partial charge in [0.2, 0.25) is 0 Å². The van der Waals surface area contributed by atoms with Crippen molar-refractivity contribution in [2.75, 3.05) is 31.7 Å². The van der Waals surface area contributed by atoms with Crippen LogP contribution >= 0.6 is 0 Å². The molecule has 1 aliphatic carbocycles. The molecule has 0 radical (unpaired) electrons. The zero-order valence-corrected chi connectivity index (χ0v) is 12.0. The summed E-state index contributed by atoms with van der Waals surface area (Å²) in [5, 5.41) is 9.24. The summed E-state index contributed by atoms with van der Waals surface area (Å²) in [6.07, 6.45) is 9.71. The van der Waals surface area contributed by atoms with E-state index < -0.39 is 0 Å². The molecule has 2 rings (SSSR count). The molecule has 1 unspecified atom stereocenters. The summed E-state index contributed by atoms with van der Waals surface area (Å²) < 4.78 is 5.19. The quantitative estimate of drug-likeness (QED) is 0.746. The minimum Gasteiger partial charge on any atom is -0.383 e. The number of nitrogens with zero attached hydrogens (tertiary/aromatic N) is 3. The van der Waals surface area contributed by atoms with Crippen LogP contribution in [0.4, 0.5) is 5.82 Å². The molecular formula is C16H21N3O. The Labute approximate surface area is 120 Å². The average Bonchev–Trinajstić information content (AvgIpc) is 2.52. The van der Waals surface area contributed by atoms with E-state index in [1.54, 1.807) is 19.4 Å². The SMILES string of the molecule is COCCN(CC1CC=CCC1)c1ncccc1C#N. The number of ether oxygens (including phenoxy) is 1. The van der Waals surface area contributed by atoms with Gasteiger partial charge in [-0.25, -0.2) is 4.98 Å². The molecule has 0 amide bonds. The highest BCUT2D eigenvalue weighted by Gasteiger charge is 2.18. The lowest BCUT2D eigenvalue weighted by Crippen LogP contribution is -2.34. The van der Waals surface area contributed by atoms with Crippen molar-refractivity contribution in [3.05, 3.63) is 36.0 Å². The van der Waals surface area contributed by atoms with E-state index in [-0.39, 0.29) is 0 Å². The fourth-order valence-corrected chi connectivity index (χ4v) is 2.56. The van der Waals surface area contributed by atoms with Crippen molar-refractivity contribution in [2.24, 2.45) is 5.92 Å². The number of anilines is 1. The van der Waals surface area contributed by atoms with Crippen molar-refractivity contribution >= 4 is 5.82 Å². The van der Waals surface area contributed by atoms with Gasteiger partial charge in [0, 0.05) is 26.4 Å². The largest absolute Gasteiger partial charge is 0.383 e. The molecule has 1 atom stereocenters. The van der Waals surface area contributed by atoms with Gasteiger partial charge in [-0.15, -0.1) is 0 Å². The number of methoxy groups -OCH3 is 1. The first-order valence-electron chi connectivity index (χ1n) is 7.09. The lowest BCUT2D eigenvalue weighted by atomic mass is 9.94. The van der Waals surface area contributed by atoms with Gasteiger partial charge in [0.05, 0.1) is 12.2 Å². The van der Waals surface area contributed by atoms with Crippen molar-refractivity contribution in [2.45, 2.75) is 19.3 Å². The summed E-state index contributed by atoms with van der Waals surface area (Å²) in [5.74, 6) is 1.41. The molecule has 1 aromatic heterocycles. The van der Waals surface area contributed by atoms with Crippen LogP contribution in [0, 0.1) is 17.2 Å². The molecule has 1 aromatic rings. The van der Waals surface area contributed by atoms with E-state index in [2.05, 4.69) is 28.1 Å². The lowest BCUT2D eigenvalue weighted by Gasteiger charge is -2.29. The van der Waals surface area contributed by atoms with Crippen LogP contribution in [0.2, 0.25) is 0 Å². The summed E-state index contributed by atoms with van der Waals surface area (Å²) >= 11 is 0. The van der Waals surface area contributed by atoms with Crippen molar-refractivity contribution < 1.29 is 4.74 Å². The molecule has 4 nitrogen and oxygen atoms in total. The highest BCUT2D eigenvalue weighted by Crippen LogP contribution is 2.23. The summed E-state index contributed by atoms with van der Waals surface area (Å²) in [6.45, 7) is 2.34. The number of allylic oxidation sites excluding steroid dienone is 2. The maximum absolute atomic E-state index is 9.24. The van der Waals surface area contributed by atoms with Gasteiger partial charge in [0.15, 0.2) is 0 Å². The first-order valence-corrected chi connectivity index (χ1v) is 7.09.